The number of primary amides is 1. The number of β-amino-alcohol motifs (C(OH)–C–C–N with tert-alkyl or cyclic N) is 4. The highest BCUT2D eigenvalue weighted by Gasteiger charge is 2.48. The zero-order chi connectivity index (χ0) is 65.7. The summed E-state index contributed by atoms with van der Waals surface area (Å²) in [6, 6.07) is -2.55. The molecule has 3 heterocycles. The van der Waals surface area contributed by atoms with Crippen molar-refractivity contribution in [2.75, 3.05) is 45.8 Å². The van der Waals surface area contributed by atoms with E-state index >= 15 is 0 Å². The van der Waals surface area contributed by atoms with E-state index in [4.69, 9.17) is 39.6 Å². The fourth-order valence-corrected chi connectivity index (χ4v) is 8.28. The van der Waals surface area contributed by atoms with E-state index < -0.39 is 121 Å². The molecule has 0 aromatic carbocycles. The molecule has 0 saturated carbocycles. The van der Waals surface area contributed by atoms with Crippen LogP contribution in [0, 0.1) is 5.92 Å². The number of aliphatic hydroxyl groups is 10. The Morgan fingerprint density at radius 3 is 1.01 bits per heavy atom. The van der Waals surface area contributed by atoms with E-state index in [-0.39, 0.29) is 136 Å². The molecule has 3 fully saturated rings. The SMILES string of the molecule is C.C.C.C.C.C.C.C.C.CC(=O)N(CC(C)O)C1C(C)N(CC(C)O)C(=O)C(=O)N(CC(C)O)C1C.CC(=O)N(CC(C)O)C1C(C)ON(CC(C)O)C(=O)C(=O)N(CC(C)O)OC1C(C)C.CC(O)C(O)C(C)O.CC1OC1C.CCC(=O)NCC(C)O.NC=O. The summed E-state index contributed by atoms with van der Waals surface area (Å²) in [6.45, 7) is 30.5. The first kappa shape index (κ1) is 115. The summed E-state index contributed by atoms with van der Waals surface area (Å²) in [4.78, 5) is 112. The number of ether oxygens (including phenoxy) is 1. The van der Waals surface area contributed by atoms with Gasteiger partial charge in [0.15, 0.2) is 0 Å². The van der Waals surface area contributed by atoms with Crippen molar-refractivity contribution in [3.8, 4) is 0 Å². The molecule has 3 rings (SSSR count). The lowest BCUT2D eigenvalue weighted by atomic mass is 9.94. The standard InChI is InChI=1S/C20H37N3O8.C18H33N3O6.C6H13NO2.C5H12O3.C4H8O.CH3NO.9CH4/c1-11(2)18-17(21(16(7)27)8-12(3)24)15(6)30-22(9-13(4)25)19(28)20(29)23(31-18)10-14(5)26;1-10(22)7-19-13(4)16(21(15(6)25)9-12(3)24)14(5)20(8-11(2)23)18(27)17(19)26;1-3-6(9)7-4-5(2)8;1-3(6)5(8)4(2)7;1-3-4(2)5-3;2-1-3;;;;;;;;;/h11-15,17-18,24-26H,8-10H2,1-7H3;10-14,16,22-24H,7-9H2,1-6H3;5,8H,3-4H2,1-2H3,(H,7,9);3-8H,1-2H3;3-4H,1-2H3;1H,(H2,2,3);9*1H4. The van der Waals surface area contributed by atoms with E-state index in [0.717, 1.165) is 10.1 Å². The largest absolute Gasteiger partial charge is 0.392 e. The van der Waals surface area contributed by atoms with Gasteiger partial charge in [0, 0.05) is 53.0 Å². The number of nitrogens with two attached hydrogens (primary N) is 1. The molecule has 0 bridgehead atoms. The Bertz CT molecular complexity index is 1870. The monoisotopic (exact) mass is 1350 g/mol. The maximum atomic E-state index is 12.9. The van der Waals surface area contributed by atoms with E-state index in [1.165, 1.54) is 81.9 Å². The van der Waals surface area contributed by atoms with Gasteiger partial charge >= 0.3 is 23.6 Å². The highest BCUT2D eigenvalue weighted by Crippen LogP contribution is 2.28. The van der Waals surface area contributed by atoms with Crippen molar-refractivity contribution in [2.24, 2.45) is 11.7 Å². The van der Waals surface area contributed by atoms with E-state index in [9.17, 15) is 64.2 Å². The van der Waals surface area contributed by atoms with Gasteiger partial charge in [-0.25, -0.2) is 10.1 Å². The quantitative estimate of drug-likeness (QED) is 0.0473. The molecule has 0 radical (unpaired) electrons. The van der Waals surface area contributed by atoms with Gasteiger partial charge in [-0.05, 0) is 103 Å². The Labute approximate surface area is 556 Å². The van der Waals surface area contributed by atoms with Crippen LogP contribution >= 0.6 is 0 Å². The van der Waals surface area contributed by atoms with Crippen molar-refractivity contribution in [1.29, 1.82) is 0 Å². The number of nitrogens with one attached hydrogen (secondary N) is 1. The van der Waals surface area contributed by atoms with E-state index in [0.29, 0.717) is 25.2 Å². The fraction of sp³-hybridized carbons (Fsp3) is 0.873. The van der Waals surface area contributed by atoms with Crippen LogP contribution in [0.5, 0.6) is 0 Å². The lowest BCUT2D eigenvalue weighted by Crippen LogP contribution is -2.60. The van der Waals surface area contributed by atoms with Crippen LogP contribution in [0.25, 0.3) is 0 Å². The van der Waals surface area contributed by atoms with Crippen molar-refractivity contribution >= 4 is 47.8 Å². The summed E-state index contributed by atoms with van der Waals surface area (Å²) in [5, 5.41) is 97.6. The zero-order valence-corrected chi connectivity index (χ0v) is 52.4. The molecule has 16 unspecified atom stereocenters. The number of rotatable bonds is 20. The molecule has 3 aliphatic heterocycles. The first-order valence-electron chi connectivity index (χ1n) is 28.1. The minimum absolute atomic E-state index is 0. The van der Waals surface area contributed by atoms with Crippen LogP contribution in [0.3, 0.4) is 0 Å². The zero-order valence-electron chi connectivity index (χ0n) is 52.4. The normalized spacial score (nSPS) is 22.8. The van der Waals surface area contributed by atoms with Crippen molar-refractivity contribution in [2.45, 2.75) is 314 Å². The summed E-state index contributed by atoms with van der Waals surface area (Å²) < 4.78 is 4.92. The van der Waals surface area contributed by atoms with Crippen LogP contribution in [0.2, 0.25) is 0 Å². The Hall–Kier alpha value is -4.76. The summed E-state index contributed by atoms with van der Waals surface area (Å²) >= 11 is 0. The molecular formula is C63H142N8O21. The van der Waals surface area contributed by atoms with Crippen LogP contribution in [0.4, 0.5) is 0 Å². The molecule has 8 amide bonds. The van der Waals surface area contributed by atoms with E-state index in [1.807, 2.05) is 13.8 Å². The Morgan fingerprint density at radius 1 is 0.500 bits per heavy atom. The van der Waals surface area contributed by atoms with Crippen molar-refractivity contribution in [1.82, 2.24) is 35.0 Å². The van der Waals surface area contributed by atoms with Gasteiger partial charge in [0.25, 0.3) is 0 Å². The molecule has 16 atom stereocenters. The highest BCUT2D eigenvalue weighted by atomic mass is 16.7. The van der Waals surface area contributed by atoms with Crippen molar-refractivity contribution < 1.29 is 104 Å². The molecule has 0 aromatic rings. The summed E-state index contributed by atoms with van der Waals surface area (Å²) in [6.07, 6.45) is -8.31. The maximum absolute atomic E-state index is 12.9. The minimum Gasteiger partial charge on any atom is -0.392 e. The van der Waals surface area contributed by atoms with Gasteiger partial charge in [0.05, 0.1) is 104 Å². The molecule has 0 aliphatic carbocycles. The Balaban J connectivity index is -0.0000000947. The summed E-state index contributed by atoms with van der Waals surface area (Å²) in [7, 11) is 0. The van der Waals surface area contributed by atoms with Gasteiger partial charge in [-0.1, -0.05) is 87.6 Å². The lowest BCUT2D eigenvalue weighted by molar-refractivity contribution is -0.239. The van der Waals surface area contributed by atoms with Gasteiger partial charge in [-0.3, -0.25) is 48.0 Å². The Kier molecular flexibility index (Phi) is 71.8. The van der Waals surface area contributed by atoms with Gasteiger partial charge in [-0.2, -0.15) is 0 Å². The third kappa shape index (κ3) is 44.8. The first-order valence-corrected chi connectivity index (χ1v) is 28.1. The average Bonchev–Trinajstić information content (AvgIpc) is 4.03. The fourth-order valence-electron chi connectivity index (χ4n) is 8.28. The third-order valence-corrected chi connectivity index (χ3v) is 12.5. The summed E-state index contributed by atoms with van der Waals surface area (Å²) in [5.74, 6) is -4.60. The topological polar surface area (TPSA) is 427 Å². The number of hydrogen-bond donors (Lipinski definition) is 12. The smallest absolute Gasteiger partial charge is 0.337 e. The van der Waals surface area contributed by atoms with Gasteiger partial charge in [0.1, 0.15) is 18.3 Å². The molecule has 92 heavy (non-hydrogen) atoms. The molecular weight excluding hydrogens is 1200 g/mol. The molecule has 0 spiro atoms. The van der Waals surface area contributed by atoms with Gasteiger partial charge in [-0.15, -0.1) is 0 Å². The number of carbonyl (C=O) groups is 8. The highest BCUT2D eigenvalue weighted by molar-refractivity contribution is 6.35. The maximum Gasteiger partial charge on any atom is 0.337 e. The average molecular weight is 1350 g/mol. The number of aliphatic hydroxyl groups excluding tert-OH is 10. The molecule has 0 aromatic heterocycles. The Morgan fingerprint density at radius 2 is 0.793 bits per heavy atom. The molecule has 13 N–H and O–H groups in total. The molecule has 3 saturated heterocycles. The first-order chi connectivity index (χ1) is 38.1. The number of amides is 8. The van der Waals surface area contributed by atoms with Crippen LogP contribution in [0.1, 0.15) is 205 Å². The van der Waals surface area contributed by atoms with Gasteiger partial charge in [0.2, 0.25) is 24.1 Å². The van der Waals surface area contributed by atoms with Crippen LogP contribution < -0.4 is 11.1 Å². The summed E-state index contributed by atoms with van der Waals surface area (Å²) in [5.41, 5.74) is 4.17. The second-order valence-electron chi connectivity index (χ2n) is 21.8. The molecule has 29 nitrogen and oxygen atoms in total. The van der Waals surface area contributed by atoms with Crippen LogP contribution in [0.15, 0.2) is 0 Å². The molecule has 560 valence electrons. The minimum atomic E-state index is -1.07. The second kappa shape index (κ2) is 57.7. The number of epoxide rings is 1. The predicted octanol–water partition coefficient (Wildman–Crippen LogP) is 2.71. The lowest BCUT2D eigenvalue weighted by Gasteiger charge is -2.43. The second-order valence-corrected chi connectivity index (χ2v) is 21.8. The van der Waals surface area contributed by atoms with Crippen LogP contribution in [-0.4, -0.2) is 284 Å². The third-order valence-electron chi connectivity index (χ3n) is 12.5. The van der Waals surface area contributed by atoms with E-state index in [1.54, 1.807) is 41.5 Å². The van der Waals surface area contributed by atoms with Crippen LogP contribution in [-0.2, 0) is 52.8 Å². The van der Waals surface area contributed by atoms with Crippen molar-refractivity contribution in [3.63, 3.8) is 0 Å². The van der Waals surface area contributed by atoms with Gasteiger partial charge < -0.3 is 86.5 Å². The number of hydroxylamine groups is 4. The number of hydrogen-bond acceptors (Lipinski definition) is 21. The number of carbonyl (C=O) groups excluding carboxylic acids is 8. The molecule has 29 heteroatoms. The number of nitrogens with zero attached hydrogens (tertiary/aromatic N) is 6. The molecule has 3 aliphatic rings. The predicted molar refractivity (Wildman–Crippen MR) is 364 cm³/mol. The van der Waals surface area contributed by atoms with E-state index in [2.05, 4.69) is 24.9 Å². The van der Waals surface area contributed by atoms with Crippen molar-refractivity contribution in [3.05, 3.63) is 0 Å².